The molecule has 2 aromatic carbocycles. The summed E-state index contributed by atoms with van der Waals surface area (Å²) in [4.78, 5) is 12.7. The molecule has 5 heteroatoms. The molecule has 1 saturated carbocycles. The van der Waals surface area contributed by atoms with Crippen molar-refractivity contribution in [2.45, 2.75) is 32.4 Å². The predicted molar refractivity (Wildman–Crippen MR) is 99.7 cm³/mol. The van der Waals surface area contributed by atoms with E-state index in [9.17, 15) is 4.79 Å². The molecule has 1 fully saturated rings. The topological polar surface area (TPSA) is 59.8 Å². The minimum atomic E-state index is -0.165. The Morgan fingerprint density at radius 2 is 1.88 bits per heavy atom. The summed E-state index contributed by atoms with van der Waals surface area (Å²) in [5, 5.41) is 11.3. The van der Waals surface area contributed by atoms with Crippen molar-refractivity contribution < 1.29 is 4.79 Å². The molecule has 1 heterocycles. The van der Waals surface area contributed by atoms with Crippen LogP contribution in [0.1, 0.15) is 46.1 Å². The molecule has 1 aromatic heterocycles. The van der Waals surface area contributed by atoms with Gasteiger partial charge in [0.2, 0.25) is 0 Å². The number of rotatable bonds is 6. The van der Waals surface area contributed by atoms with E-state index in [1.165, 1.54) is 5.56 Å². The van der Waals surface area contributed by atoms with Crippen LogP contribution in [0.2, 0.25) is 0 Å². The summed E-state index contributed by atoms with van der Waals surface area (Å²) in [6.07, 6.45) is 4.01. The zero-order valence-corrected chi connectivity index (χ0v) is 14.8. The number of carbonyl (C=O) groups is 1. The number of benzene rings is 2. The summed E-state index contributed by atoms with van der Waals surface area (Å²) in [7, 11) is 0. The van der Waals surface area contributed by atoms with E-state index < -0.39 is 0 Å². The van der Waals surface area contributed by atoms with Crippen LogP contribution in [0.3, 0.4) is 0 Å². The van der Waals surface area contributed by atoms with Crippen molar-refractivity contribution in [3.8, 4) is 0 Å². The minimum absolute atomic E-state index is 0.0439. The number of nitrogens with one attached hydrogen (secondary N) is 1. The average molecular weight is 346 g/mol. The Hall–Kier alpha value is -2.95. The van der Waals surface area contributed by atoms with Gasteiger partial charge in [-0.2, -0.15) is 0 Å². The Morgan fingerprint density at radius 1 is 1.15 bits per heavy atom. The number of aryl methyl sites for hydroxylation is 1. The SMILES string of the molecule is Cc1ccc(C(NC(=O)c2cn(Cc3ccccc3)nn2)C2CC2)cc1. The third-order valence-electron chi connectivity index (χ3n) is 4.78. The number of amides is 1. The average Bonchev–Trinajstić information content (AvgIpc) is 3.40. The van der Waals surface area contributed by atoms with Gasteiger partial charge in [-0.25, -0.2) is 4.68 Å². The van der Waals surface area contributed by atoms with E-state index in [4.69, 9.17) is 0 Å². The van der Waals surface area contributed by atoms with Gasteiger partial charge in [0.1, 0.15) is 0 Å². The van der Waals surface area contributed by atoms with E-state index in [2.05, 4.69) is 46.8 Å². The molecule has 1 atom stereocenters. The molecular weight excluding hydrogens is 324 g/mol. The molecule has 4 rings (SSSR count). The highest BCUT2D eigenvalue weighted by molar-refractivity contribution is 5.92. The zero-order chi connectivity index (χ0) is 17.9. The number of hydrogen-bond acceptors (Lipinski definition) is 3. The van der Waals surface area contributed by atoms with Crippen molar-refractivity contribution in [3.05, 3.63) is 83.2 Å². The molecule has 1 unspecified atom stereocenters. The van der Waals surface area contributed by atoms with Crippen LogP contribution in [-0.2, 0) is 6.54 Å². The van der Waals surface area contributed by atoms with Gasteiger partial charge < -0.3 is 5.32 Å². The van der Waals surface area contributed by atoms with Gasteiger partial charge in [0.15, 0.2) is 5.69 Å². The largest absolute Gasteiger partial charge is 0.344 e. The van der Waals surface area contributed by atoms with Crippen molar-refractivity contribution in [2.24, 2.45) is 5.92 Å². The highest BCUT2D eigenvalue weighted by atomic mass is 16.2. The maximum Gasteiger partial charge on any atom is 0.273 e. The molecule has 0 bridgehead atoms. The van der Waals surface area contributed by atoms with Gasteiger partial charge in [0.05, 0.1) is 18.8 Å². The van der Waals surface area contributed by atoms with Gasteiger partial charge >= 0.3 is 0 Å². The lowest BCUT2D eigenvalue weighted by molar-refractivity contribution is 0.0926. The number of hydrogen-bond donors (Lipinski definition) is 1. The molecule has 1 amide bonds. The van der Waals surface area contributed by atoms with Crippen LogP contribution >= 0.6 is 0 Å². The van der Waals surface area contributed by atoms with Crippen molar-refractivity contribution >= 4 is 5.91 Å². The first-order valence-electron chi connectivity index (χ1n) is 9.00. The Morgan fingerprint density at radius 3 is 2.58 bits per heavy atom. The van der Waals surface area contributed by atoms with Crippen LogP contribution in [0.5, 0.6) is 0 Å². The minimum Gasteiger partial charge on any atom is -0.344 e. The van der Waals surface area contributed by atoms with Gasteiger partial charge in [-0.3, -0.25) is 4.79 Å². The molecule has 1 aliphatic carbocycles. The highest BCUT2D eigenvalue weighted by Gasteiger charge is 2.34. The number of aromatic nitrogens is 3. The number of carbonyl (C=O) groups excluding carboxylic acids is 1. The number of nitrogens with zero attached hydrogens (tertiary/aromatic N) is 3. The summed E-state index contributed by atoms with van der Waals surface area (Å²) in [6.45, 7) is 2.67. The van der Waals surface area contributed by atoms with Gasteiger partial charge in [-0.1, -0.05) is 65.4 Å². The monoisotopic (exact) mass is 346 g/mol. The van der Waals surface area contributed by atoms with Crippen molar-refractivity contribution in [2.75, 3.05) is 0 Å². The first kappa shape index (κ1) is 16.5. The van der Waals surface area contributed by atoms with Crippen LogP contribution in [-0.4, -0.2) is 20.9 Å². The fraction of sp³-hybridized carbons (Fsp3) is 0.286. The second-order valence-corrected chi connectivity index (χ2v) is 6.99. The Labute approximate surface area is 153 Å². The van der Waals surface area contributed by atoms with Gasteiger partial charge in [0, 0.05) is 0 Å². The Balaban J connectivity index is 1.46. The van der Waals surface area contributed by atoms with Crippen LogP contribution in [0, 0.1) is 12.8 Å². The molecule has 26 heavy (non-hydrogen) atoms. The summed E-state index contributed by atoms with van der Waals surface area (Å²) >= 11 is 0. The fourth-order valence-corrected chi connectivity index (χ4v) is 3.14. The Bertz CT molecular complexity index is 882. The second kappa shape index (κ2) is 7.12. The van der Waals surface area contributed by atoms with E-state index in [-0.39, 0.29) is 11.9 Å². The summed E-state index contributed by atoms with van der Waals surface area (Å²) in [5.74, 6) is 0.350. The molecular formula is C21H22N4O. The van der Waals surface area contributed by atoms with Crippen molar-refractivity contribution in [3.63, 3.8) is 0 Å². The maximum atomic E-state index is 12.7. The maximum absolute atomic E-state index is 12.7. The van der Waals surface area contributed by atoms with E-state index in [0.29, 0.717) is 18.2 Å². The molecule has 3 aromatic rings. The van der Waals surface area contributed by atoms with Gasteiger partial charge in [-0.15, -0.1) is 5.10 Å². The highest BCUT2D eigenvalue weighted by Crippen LogP contribution is 2.41. The van der Waals surface area contributed by atoms with Crippen LogP contribution < -0.4 is 5.32 Å². The molecule has 1 aliphatic rings. The molecule has 132 valence electrons. The molecule has 0 saturated heterocycles. The first-order chi connectivity index (χ1) is 12.7. The molecule has 1 N–H and O–H groups in total. The second-order valence-electron chi connectivity index (χ2n) is 6.99. The van der Waals surface area contributed by atoms with Gasteiger partial charge in [-0.05, 0) is 36.8 Å². The molecule has 0 spiro atoms. The van der Waals surface area contributed by atoms with E-state index >= 15 is 0 Å². The van der Waals surface area contributed by atoms with E-state index in [1.807, 2.05) is 30.3 Å². The normalized spacial score (nSPS) is 14.8. The fourth-order valence-electron chi connectivity index (χ4n) is 3.14. The van der Waals surface area contributed by atoms with Crippen molar-refractivity contribution in [1.82, 2.24) is 20.3 Å². The predicted octanol–water partition coefficient (Wildman–Crippen LogP) is 3.52. The standard InChI is InChI=1S/C21H22N4O/c1-15-7-9-17(10-8-15)20(18-11-12-18)22-21(26)19-14-25(24-23-19)13-16-5-3-2-4-6-16/h2-10,14,18,20H,11-13H2,1H3,(H,22,26). The van der Waals surface area contributed by atoms with Gasteiger partial charge in [0.25, 0.3) is 5.91 Å². The smallest absolute Gasteiger partial charge is 0.273 e. The lowest BCUT2D eigenvalue weighted by atomic mass is 10.0. The summed E-state index contributed by atoms with van der Waals surface area (Å²) < 4.78 is 1.70. The van der Waals surface area contributed by atoms with E-state index in [1.54, 1.807) is 10.9 Å². The third-order valence-corrected chi connectivity index (χ3v) is 4.78. The molecule has 0 radical (unpaired) electrons. The first-order valence-corrected chi connectivity index (χ1v) is 9.00. The summed E-state index contributed by atoms with van der Waals surface area (Å²) in [5.41, 5.74) is 3.86. The van der Waals surface area contributed by atoms with Crippen LogP contribution in [0.25, 0.3) is 0 Å². The van der Waals surface area contributed by atoms with Crippen molar-refractivity contribution in [1.29, 1.82) is 0 Å². The lowest BCUT2D eigenvalue weighted by Gasteiger charge is -2.18. The molecule has 0 aliphatic heterocycles. The zero-order valence-electron chi connectivity index (χ0n) is 14.8. The quantitative estimate of drug-likeness (QED) is 0.743. The van der Waals surface area contributed by atoms with Crippen LogP contribution in [0.15, 0.2) is 60.8 Å². The molecule has 5 nitrogen and oxygen atoms in total. The van der Waals surface area contributed by atoms with Crippen LogP contribution in [0.4, 0.5) is 0 Å². The van der Waals surface area contributed by atoms with E-state index in [0.717, 1.165) is 24.0 Å². The summed E-state index contributed by atoms with van der Waals surface area (Å²) in [6, 6.07) is 18.4. The lowest BCUT2D eigenvalue weighted by Crippen LogP contribution is -2.30. The third kappa shape index (κ3) is 3.82. The Kier molecular flexibility index (Phi) is 4.52.